The summed E-state index contributed by atoms with van der Waals surface area (Å²) in [6.07, 6.45) is 7.54. The number of piperidine rings is 1. The molecule has 0 aromatic carbocycles. The average Bonchev–Trinajstić information content (AvgIpc) is 2.98. The molecular weight excluding hydrogens is 296 g/mol. The molecule has 7 heteroatoms. The first-order chi connectivity index (χ1) is 11.0. The Morgan fingerprint density at radius 3 is 2.87 bits per heavy atom. The van der Waals surface area contributed by atoms with Crippen molar-refractivity contribution in [3.63, 3.8) is 0 Å². The van der Waals surface area contributed by atoms with Gasteiger partial charge in [-0.2, -0.15) is 0 Å². The van der Waals surface area contributed by atoms with E-state index >= 15 is 0 Å². The van der Waals surface area contributed by atoms with Gasteiger partial charge in [-0.15, -0.1) is 0 Å². The van der Waals surface area contributed by atoms with Crippen molar-refractivity contribution in [1.82, 2.24) is 19.4 Å². The molecule has 2 rings (SSSR count). The van der Waals surface area contributed by atoms with Crippen LogP contribution in [0.4, 0.5) is 4.79 Å². The zero-order valence-corrected chi connectivity index (χ0v) is 14.2. The van der Waals surface area contributed by atoms with Gasteiger partial charge in [-0.3, -0.25) is 9.69 Å². The van der Waals surface area contributed by atoms with E-state index in [9.17, 15) is 9.59 Å². The van der Waals surface area contributed by atoms with Crippen LogP contribution in [0.3, 0.4) is 0 Å². The monoisotopic (exact) mass is 322 g/mol. The number of imidazole rings is 1. The van der Waals surface area contributed by atoms with Crippen molar-refractivity contribution in [2.75, 3.05) is 27.2 Å². The van der Waals surface area contributed by atoms with Crippen LogP contribution in [0.2, 0.25) is 0 Å². The Bertz CT molecular complexity index is 543. The Hall–Kier alpha value is -2.05. The van der Waals surface area contributed by atoms with Gasteiger partial charge in [0, 0.05) is 46.0 Å². The first kappa shape index (κ1) is 17.3. The largest absolute Gasteiger partial charge is 0.453 e. The van der Waals surface area contributed by atoms with Gasteiger partial charge in [-0.1, -0.05) is 0 Å². The quantitative estimate of drug-likeness (QED) is 0.822. The summed E-state index contributed by atoms with van der Waals surface area (Å²) in [6.45, 7) is 1.24. The molecule has 0 saturated carbocycles. The van der Waals surface area contributed by atoms with Gasteiger partial charge in [0.25, 0.3) is 0 Å². The van der Waals surface area contributed by atoms with Crippen LogP contribution in [0.1, 0.15) is 31.5 Å². The summed E-state index contributed by atoms with van der Waals surface area (Å²) in [5, 5.41) is 0. The Morgan fingerprint density at radius 2 is 2.22 bits per heavy atom. The molecule has 128 valence electrons. The molecule has 0 aliphatic carbocycles. The van der Waals surface area contributed by atoms with Gasteiger partial charge in [0.2, 0.25) is 5.91 Å². The van der Waals surface area contributed by atoms with Crippen molar-refractivity contribution in [1.29, 1.82) is 0 Å². The third-order valence-electron chi connectivity index (χ3n) is 4.39. The molecule has 1 fully saturated rings. The maximum absolute atomic E-state index is 12.6. The lowest BCUT2D eigenvalue weighted by atomic mass is 10.0. The fourth-order valence-corrected chi connectivity index (χ4v) is 3.00. The molecule has 23 heavy (non-hydrogen) atoms. The molecule has 1 aromatic rings. The van der Waals surface area contributed by atoms with Crippen LogP contribution in [0.15, 0.2) is 12.4 Å². The minimum absolute atomic E-state index is 0.00468. The fraction of sp³-hybridized carbons (Fsp3) is 0.688. The Morgan fingerprint density at radius 1 is 1.43 bits per heavy atom. The highest BCUT2D eigenvalue weighted by Gasteiger charge is 2.34. The maximum Gasteiger partial charge on any atom is 0.410 e. The smallest absolute Gasteiger partial charge is 0.410 e. The predicted molar refractivity (Wildman–Crippen MR) is 85.9 cm³/mol. The summed E-state index contributed by atoms with van der Waals surface area (Å²) in [4.78, 5) is 32.0. The molecule has 0 bridgehead atoms. The molecule has 2 amide bonds. The van der Waals surface area contributed by atoms with Crippen LogP contribution in [-0.4, -0.2) is 64.6 Å². The summed E-state index contributed by atoms with van der Waals surface area (Å²) >= 11 is 0. The normalized spacial score (nSPS) is 17.9. The second kappa shape index (κ2) is 7.99. The lowest BCUT2D eigenvalue weighted by molar-refractivity contribution is -0.136. The number of aryl methyl sites for hydroxylation is 2. The number of aromatic nitrogens is 2. The van der Waals surface area contributed by atoms with E-state index in [1.165, 1.54) is 7.11 Å². The maximum atomic E-state index is 12.6. The number of hydrogen-bond donors (Lipinski definition) is 0. The van der Waals surface area contributed by atoms with E-state index in [4.69, 9.17) is 4.74 Å². The zero-order chi connectivity index (χ0) is 16.8. The third kappa shape index (κ3) is 4.24. The summed E-state index contributed by atoms with van der Waals surface area (Å²) in [7, 11) is 5.12. The van der Waals surface area contributed by atoms with Crippen molar-refractivity contribution in [3.8, 4) is 0 Å². The molecular formula is C16H26N4O3. The van der Waals surface area contributed by atoms with Gasteiger partial charge in [-0.25, -0.2) is 9.78 Å². The number of nitrogens with zero attached hydrogens (tertiary/aromatic N) is 4. The molecule has 2 heterocycles. The van der Waals surface area contributed by atoms with Gasteiger partial charge >= 0.3 is 6.09 Å². The van der Waals surface area contributed by atoms with Crippen molar-refractivity contribution >= 4 is 12.0 Å². The molecule has 0 radical (unpaired) electrons. The molecule has 0 spiro atoms. The standard InChI is InChI=1S/C16H26N4O3/c1-18-12-9-17-14(18)8-6-10-19(2)15(21)13-7-4-5-11-20(13)16(22)23-3/h9,12-13H,4-8,10-11H2,1-3H3. The number of carbonyl (C=O) groups excluding carboxylic acids is 2. The first-order valence-electron chi connectivity index (χ1n) is 8.10. The number of likely N-dealkylation sites (tertiary alicyclic amines) is 1. The second-order valence-corrected chi connectivity index (χ2v) is 5.99. The number of ether oxygens (including phenoxy) is 1. The van der Waals surface area contributed by atoms with E-state index < -0.39 is 12.1 Å². The van der Waals surface area contributed by atoms with Crippen LogP contribution in [0.25, 0.3) is 0 Å². The number of rotatable bonds is 5. The lowest BCUT2D eigenvalue weighted by Gasteiger charge is -2.35. The summed E-state index contributed by atoms with van der Waals surface area (Å²) in [6, 6.07) is -0.394. The van der Waals surface area contributed by atoms with Gasteiger partial charge in [0.05, 0.1) is 7.11 Å². The molecule has 0 N–H and O–H groups in total. The van der Waals surface area contributed by atoms with Crippen molar-refractivity contribution in [2.24, 2.45) is 7.05 Å². The van der Waals surface area contributed by atoms with Crippen molar-refractivity contribution in [2.45, 2.75) is 38.1 Å². The number of carbonyl (C=O) groups is 2. The van der Waals surface area contributed by atoms with Gasteiger partial charge in [-0.05, 0) is 25.7 Å². The predicted octanol–water partition coefficient (Wildman–Crippen LogP) is 1.43. The summed E-state index contributed by atoms with van der Waals surface area (Å²) < 4.78 is 6.79. The molecule has 1 atom stereocenters. The zero-order valence-electron chi connectivity index (χ0n) is 14.2. The van der Waals surface area contributed by atoms with E-state index in [0.717, 1.165) is 31.5 Å². The van der Waals surface area contributed by atoms with Gasteiger partial charge < -0.3 is 14.2 Å². The van der Waals surface area contributed by atoms with Crippen LogP contribution >= 0.6 is 0 Å². The van der Waals surface area contributed by atoms with E-state index in [2.05, 4.69) is 4.98 Å². The van der Waals surface area contributed by atoms with Crippen LogP contribution < -0.4 is 0 Å². The highest BCUT2D eigenvalue weighted by Crippen LogP contribution is 2.19. The average molecular weight is 322 g/mol. The minimum Gasteiger partial charge on any atom is -0.453 e. The van der Waals surface area contributed by atoms with E-state index in [0.29, 0.717) is 19.5 Å². The van der Waals surface area contributed by atoms with Crippen molar-refractivity contribution in [3.05, 3.63) is 18.2 Å². The third-order valence-corrected chi connectivity index (χ3v) is 4.39. The highest BCUT2D eigenvalue weighted by molar-refractivity contribution is 5.85. The Kier molecular flexibility index (Phi) is 6.01. The highest BCUT2D eigenvalue weighted by atomic mass is 16.5. The summed E-state index contributed by atoms with van der Waals surface area (Å²) in [5.41, 5.74) is 0. The SMILES string of the molecule is COC(=O)N1CCCCC1C(=O)N(C)CCCc1nccn1C. The van der Waals surface area contributed by atoms with Crippen LogP contribution in [0, 0.1) is 0 Å². The fourth-order valence-electron chi connectivity index (χ4n) is 3.00. The topological polar surface area (TPSA) is 67.7 Å². The second-order valence-electron chi connectivity index (χ2n) is 5.99. The Balaban J connectivity index is 1.87. The molecule has 1 aromatic heterocycles. The molecule has 1 aliphatic rings. The number of methoxy groups -OCH3 is 1. The first-order valence-corrected chi connectivity index (χ1v) is 8.10. The van der Waals surface area contributed by atoms with Crippen molar-refractivity contribution < 1.29 is 14.3 Å². The molecule has 1 aliphatic heterocycles. The number of likely N-dealkylation sites (N-methyl/N-ethyl adjacent to an activating group) is 1. The van der Waals surface area contributed by atoms with E-state index in [1.807, 2.05) is 17.8 Å². The van der Waals surface area contributed by atoms with Crippen LogP contribution in [-0.2, 0) is 23.0 Å². The van der Waals surface area contributed by atoms with E-state index in [-0.39, 0.29) is 5.91 Å². The summed E-state index contributed by atoms with van der Waals surface area (Å²) in [5.74, 6) is 1.01. The Labute approximate surface area is 137 Å². The van der Waals surface area contributed by atoms with E-state index in [1.54, 1.807) is 23.0 Å². The van der Waals surface area contributed by atoms with Gasteiger partial charge in [0.1, 0.15) is 11.9 Å². The number of hydrogen-bond acceptors (Lipinski definition) is 4. The minimum atomic E-state index is -0.413. The lowest BCUT2D eigenvalue weighted by Crippen LogP contribution is -2.52. The molecule has 1 unspecified atom stereocenters. The molecule has 7 nitrogen and oxygen atoms in total. The van der Waals surface area contributed by atoms with Crippen LogP contribution in [0.5, 0.6) is 0 Å². The number of amides is 2. The molecule has 1 saturated heterocycles. The van der Waals surface area contributed by atoms with Gasteiger partial charge in [0.15, 0.2) is 0 Å².